The Balaban J connectivity index is 1.60. The molecule has 2 nitrogen and oxygen atoms in total. The first kappa shape index (κ1) is 19.0. The molecule has 0 bridgehead atoms. The second-order valence-corrected chi connectivity index (χ2v) is 10.8. The summed E-state index contributed by atoms with van der Waals surface area (Å²) in [5.41, 5.74) is 2.78. The van der Waals surface area contributed by atoms with E-state index in [0.717, 1.165) is 23.7 Å². The van der Waals surface area contributed by atoms with Crippen molar-refractivity contribution in [2.75, 3.05) is 21.2 Å². The Morgan fingerprint density at radius 3 is 2.54 bits per heavy atom. The van der Waals surface area contributed by atoms with Crippen LogP contribution in [0, 0.1) is 34.5 Å². The van der Waals surface area contributed by atoms with Gasteiger partial charge in [-0.2, -0.15) is 0 Å². The first-order valence-electron chi connectivity index (χ1n) is 11.2. The highest BCUT2D eigenvalue weighted by atomic mass is 16.5. The van der Waals surface area contributed by atoms with Crippen molar-refractivity contribution in [3.63, 3.8) is 0 Å². The van der Waals surface area contributed by atoms with Gasteiger partial charge in [0.15, 0.2) is 0 Å². The molecule has 0 aliphatic heterocycles. The molecule has 4 aliphatic carbocycles. The largest absolute Gasteiger partial charge is 0.381 e. The first-order chi connectivity index (χ1) is 12.3. The summed E-state index contributed by atoms with van der Waals surface area (Å²) in [7, 11) is 6.45. The van der Waals surface area contributed by atoms with Gasteiger partial charge in [0, 0.05) is 13.2 Å². The third-order valence-corrected chi connectivity index (χ3v) is 9.86. The summed E-state index contributed by atoms with van der Waals surface area (Å²) < 4.78 is 5.72. The van der Waals surface area contributed by atoms with Crippen molar-refractivity contribution in [2.45, 2.75) is 84.3 Å². The molecule has 2 heteroatoms. The topological polar surface area (TPSA) is 12.5 Å². The predicted molar refractivity (Wildman–Crippen MR) is 109 cm³/mol. The smallest absolute Gasteiger partial charge is 0.0608 e. The third-order valence-electron chi connectivity index (χ3n) is 9.86. The molecule has 4 aliphatic rings. The van der Waals surface area contributed by atoms with Crippen molar-refractivity contribution in [2.24, 2.45) is 34.5 Å². The normalized spacial score (nSPS) is 49.2. The number of allylic oxidation sites excluding steroid dienone is 1. The lowest BCUT2D eigenvalue weighted by molar-refractivity contribution is -0.0613. The highest BCUT2D eigenvalue weighted by Gasteiger charge is 2.59. The van der Waals surface area contributed by atoms with E-state index < -0.39 is 0 Å². The zero-order chi connectivity index (χ0) is 18.7. The van der Waals surface area contributed by atoms with E-state index in [1.54, 1.807) is 5.57 Å². The maximum Gasteiger partial charge on any atom is 0.0608 e. The van der Waals surface area contributed by atoms with E-state index >= 15 is 0 Å². The minimum Gasteiger partial charge on any atom is -0.381 e. The van der Waals surface area contributed by atoms with Crippen LogP contribution >= 0.6 is 0 Å². The molecule has 3 saturated carbocycles. The Bertz CT molecular complexity index is 569. The van der Waals surface area contributed by atoms with E-state index in [2.05, 4.69) is 45.8 Å². The van der Waals surface area contributed by atoms with Crippen LogP contribution in [-0.4, -0.2) is 38.3 Å². The van der Waals surface area contributed by atoms with Crippen molar-refractivity contribution in [1.29, 1.82) is 0 Å². The summed E-state index contributed by atoms with van der Waals surface area (Å²) in [6.07, 6.45) is 14.1. The third kappa shape index (κ3) is 2.65. The van der Waals surface area contributed by atoms with Crippen LogP contribution in [0.25, 0.3) is 0 Å². The molecule has 0 heterocycles. The molecular weight excluding hydrogens is 318 g/mol. The Kier molecular flexibility index (Phi) is 4.84. The molecule has 26 heavy (non-hydrogen) atoms. The van der Waals surface area contributed by atoms with Crippen LogP contribution in [0.1, 0.15) is 72.1 Å². The van der Waals surface area contributed by atoms with Gasteiger partial charge in [-0.05, 0) is 107 Å². The van der Waals surface area contributed by atoms with Crippen LogP contribution in [0.4, 0.5) is 0 Å². The van der Waals surface area contributed by atoms with Crippen molar-refractivity contribution in [3.05, 3.63) is 11.6 Å². The van der Waals surface area contributed by atoms with E-state index in [4.69, 9.17) is 4.74 Å². The van der Waals surface area contributed by atoms with Crippen LogP contribution in [0.15, 0.2) is 11.6 Å². The summed E-state index contributed by atoms with van der Waals surface area (Å²) >= 11 is 0. The number of hydrogen-bond acceptors (Lipinski definition) is 2. The lowest BCUT2D eigenvalue weighted by Gasteiger charge is -2.58. The fourth-order valence-corrected chi connectivity index (χ4v) is 8.02. The van der Waals surface area contributed by atoms with Gasteiger partial charge in [-0.3, -0.25) is 0 Å². The number of nitrogens with zero attached hydrogens (tertiary/aromatic N) is 1. The van der Waals surface area contributed by atoms with Gasteiger partial charge in [0.2, 0.25) is 0 Å². The SMILES string of the molecule is CO[C@H]1CC[C@@]2(C)C(=CCC3C2CC[C@@]2(C)C3CC[C@@H]2C(C)N(C)C)C1. The molecular formula is C24H41NO. The van der Waals surface area contributed by atoms with Crippen molar-refractivity contribution in [1.82, 2.24) is 4.90 Å². The predicted octanol–water partition coefficient (Wildman–Crippen LogP) is 5.53. The van der Waals surface area contributed by atoms with Crippen molar-refractivity contribution < 1.29 is 4.74 Å². The molecule has 0 radical (unpaired) electrons. The molecule has 4 rings (SSSR count). The van der Waals surface area contributed by atoms with Crippen molar-refractivity contribution in [3.8, 4) is 0 Å². The van der Waals surface area contributed by atoms with Gasteiger partial charge < -0.3 is 9.64 Å². The Labute approximate surface area is 161 Å². The Morgan fingerprint density at radius 1 is 1.08 bits per heavy atom. The maximum absolute atomic E-state index is 5.72. The molecule has 3 fully saturated rings. The maximum atomic E-state index is 5.72. The second kappa shape index (κ2) is 6.62. The fourth-order valence-electron chi connectivity index (χ4n) is 8.02. The van der Waals surface area contributed by atoms with Gasteiger partial charge in [0.05, 0.1) is 6.10 Å². The van der Waals surface area contributed by atoms with Crippen LogP contribution in [-0.2, 0) is 4.74 Å². The highest BCUT2D eigenvalue weighted by Crippen LogP contribution is 2.66. The van der Waals surface area contributed by atoms with Crippen molar-refractivity contribution >= 4 is 0 Å². The zero-order valence-electron chi connectivity index (χ0n) is 18.1. The number of hydrogen-bond donors (Lipinski definition) is 0. The number of methoxy groups -OCH3 is 1. The van der Waals surface area contributed by atoms with Crippen LogP contribution in [0.5, 0.6) is 0 Å². The molecule has 0 saturated heterocycles. The molecule has 4 unspecified atom stereocenters. The molecule has 0 amide bonds. The fraction of sp³-hybridized carbons (Fsp3) is 0.917. The molecule has 148 valence electrons. The molecule has 0 spiro atoms. The number of fused-ring (bicyclic) bond motifs is 5. The number of rotatable bonds is 3. The van der Waals surface area contributed by atoms with E-state index in [-0.39, 0.29) is 0 Å². The van der Waals surface area contributed by atoms with E-state index in [1.807, 2.05) is 7.11 Å². The highest BCUT2D eigenvalue weighted by molar-refractivity contribution is 5.25. The molecule has 0 aromatic rings. The van der Waals surface area contributed by atoms with Gasteiger partial charge >= 0.3 is 0 Å². The van der Waals surface area contributed by atoms with Gasteiger partial charge in [-0.25, -0.2) is 0 Å². The van der Waals surface area contributed by atoms with Gasteiger partial charge in [-0.15, -0.1) is 0 Å². The molecule has 0 aromatic carbocycles. The van der Waals surface area contributed by atoms with E-state index in [9.17, 15) is 0 Å². The van der Waals surface area contributed by atoms with Gasteiger partial charge in [0.25, 0.3) is 0 Å². The minimum atomic E-state index is 0.463. The Morgan fingerprint density at radius 2 is 1.85 bits per heavy atom. The quantitative estimate of drug-likeness (QED) is 0.614. The van der Waals surface area contributed by atoms with Gasteiger partial charge in [-0.1, -0.05) is 25.5 Å². The monoisotopic (exact) mass is 359 g/mol. The molecule has 0 aromatic heterocycles. The number of ether oxygens (including phenoxy) is 1. The average molecular weight is 360 g/mol. The first-order valence-corrected chi connectivity index (χ1v) is 11.2. The van der Waals surface area contributed by atoms with E-state index in [1.165, 1.54) is 51.4 Å². The minimum absolute atomic E-state index is 0.463. The summed E-state index contributed by atoms with van der Waals surface area (Å²) in [6.45, 7) is 7.74. The van der Waals surface area contributed by atoms with Crippen LogP contribution in [0.3, 0.4) is 0 Å². The summed E-state index contributed by atoms with van der Waals surface area (Å²) in [5.74, 6) is 3.68. The zero-order valence-corrected chi connectivity index (χ0v) is 18.1. The summed E-state index contributed by atoms with van der Waals surface area (Å²) in [6, 6.07) is 0.712. The Hall–Kier alpha value is -0.340. The molecule has 0 N–H and O–H groups in total. The summed E-state index contributed by atoms with van der Waals surface area (Å²) in [4.78, 5) is 2.47. The standard InChI is InChI=1S/C24H41NO/c1-16(25(4)5)20-9-10-21-19-8-7-17-15-18(26-6)11-13-23(17,2)22(19)12-14-24(20,21)3/h7,16,18-22H,8-15H2,1-6H3/t16?,18-,19?,20+,21?,22?,23-,24+/m0/s1. The average Bonchev–Trinajstić information content (AvgIpc) is 2.97. The second-order valence-electron chi connectivity index (χ2n) is 10.8. The lowest BCUT2D eigenvalue weighted by atomic mass is 9.47. The molecule has 8 atom stereocenters. The van der Waals surface area contributed by atoms with Crippen LogP contribution < -0.4 is 0 Å². The van der Waals surface area contributed by atoms with E-state index in [0.29, 0.717) is 23.0 Å². The summed E-state index contributed by atoms with van der Waals surface area (Å²) in [5, 5.41) is 0. The lowest BCUT2D eigenvalue weighted by Crippen LogP contribution is -2.52. The van der Waals surface area contributed by atoms with Crippen LogP contribution in [0.2, 0.25) is 0 Å². The van der Waals surface area contributed by atoms with Gasteiger partial charge in [0.1, 0.15) is 0 Å².